The Morgan fingerprint density at radius 2 is 2.12 bits per heavy atom. The molecule has 1 N–H and O–H groups in total. The van der Waals surface area contributed by atoms with Crippen molar-refractivity contribution in [1.29, 1.82) is 0 Å². The molecule has 1 aliphatic rings. The van der Waals surface area contributed by atoms with Crippen LogP contribution in [0.1, 0.15) is 36.5 Å². The average molecular weight is 373 g/mol. The normalized spacial score (nSPS) is 17.6. The number of nitrogens with zero attached hydrogens (tertiary/aromatic N) is 1. The number of ether oxygens (including phenoxy) is 1. The van der Waals surface area contributed by atoms with Crippen molar-refractivity contribution in [2.24, 2.45) is 0 Å². The van der Waals surface area contributed by atoms with Crippen molar-refractivity contribution in [2.75, 3.05) is 19.6 Å². The first kappa shape index (κ1) is 19.2. The van der Waals surface area contributed by atoms with Gasteiger partial charge in [-0.05, 0) is 56.6 Å². The number of hydrogen-bond acceptors (Lipinski definition) is 3. The number of nitrogens with one attached hydrogen (secondary N) is 1. The molecule has 0 amide bonds. The van der Waals surface area contributed by atoms with Crippen LogP contribution in [0, 0.1) is 6.92 Å². The van der Waals surface area contributed by atoms with Crippen LogP contribution in [0.25, 0.3) is 0 Å². The quantitative estimate of drug-likeness (QED) is 0.720. The van der Waals surface area contributed by atoms with Gasteiger partial charge in [0.05, 0.1) is 0 Å². The predicted molar refractivity (Wildman–Crippen MR) is 109 cm³/mol. The average Bonchev–Trinajstić information content (AvgIpc) is 3.08. The molecule has 26 heavy (non-hydrogen) atoms. The molecule has 3 nitrogen and oxygen atoms in total. The van der Waals surface area contributed by atoms with E-state index in [4.69, 9.17) is 16.3 Å². The van der Waals surface area contributed by atoms with E-state index < -0.39 is 0 Å². The molecule has 2 aromatic rings. The minimum atomic E-state index is 0.572. The summed E-state index contributed by atoms with van der Waals surface area (Å²) in [7, 11) is 0. The van der Waals surface area contributed by atoms with Gasteiger partial charge in [0, 0.05) is 29.7 Å². The monoisotopic (exact) mass is 372 g/mol. The SMILES string of the molecule is CCN1CCC[C@H]1CNCc1cc(Cl)ccc1OCc1cccc(C)c1. The lowest BCUT2D eigenvalue weighted by molar-refractivity contribution is 0.259. The highest BCUT2D eigenvalue weighted by molar-refractivity contribution is 6.30. The number of likely N-dealkylation sites (tertiary alicyclic amines) is 1. The molecule has 1 atom stereocenters. The Morgan fingerprint density at radius 1 is 1.23 bits per heavy atom. The van der Waals surface area contributed by atoms with E-state index in [1.165, 1.54) is 30.5 Å². The van der Waals surface area contributed by atoms with Gasteiger partial charge in [-0.3, -0.25) is 4.90 Å². The summed E-state index contributed by atoms with van der Waals surface area (Å²) >= 11 is 6.21. The summed E-state index contributed by atoms with van der Waals surface area (Å²) in [5.41, 5.74) is 3.55. The maximum Gasteiger partial charge on any atom is 0.124 e. The second-order valence-corrected chi connectivity index (χ2v) is 7.52. The van der Waals surface area contributed by atoms with Gasteiger partial charge in [0.25, 0.3) is 0 Å². The van der Waals surface area contributed by atoms with E-state index in [0.717, 1.165) is 36.0 Å². The van der Waals surface area contributed by atoms with Crippen LogP contribution in [0.15, 0.2) is 42.5 Å². The highest BCUT2D eigenvalue weighted by Gasteiger charge is 2.22. The van der Waals surface area contributed by atoms with Gasteiger partial charge in [0.1, 0.15) is 12.4 Å². The van der Waals surface area contributed by atoms with Crippen molar-refractivity contribution in [3.05, 3.63) is 64.2 Å². The molecule has 0 radical (unpaired) electrons. The molecule has 0 spiro atoms. The van der Waals surface area contributed by atoms with Gasteiger partial charge in [-0.15, -0.1) is 0 Å². The zero-order chi connectivity index (χ0) is 18.4. The third kappa shape index (κ3) is 5.23. The van der Waals surface area contributed by atoms with Gasteiger partial charge in [0.15, 0.2) is 0 Å². The fourth-order valence-electron chi connectivity index (χ4n) is 3.71. The Balaban J connectivity index is 1.58. The fraction of sp³-hybridized carbons (Fsp3) is 0.455. The van der Waals surface area contributed by atoms with Crippen molar-refractivity contribution in [3.8, 4) is 5.75 Å². The molecule has 0 bridgehead atoms. The maximum absolute atomic E-state index is 6.21. The zero-order valence-electron chi connectivity index (χ0n) is 15.8. The second-order valence-electron chi connectivity index (χ2n) is 7.09. The van der Waals surface area contributed by atoms with Crippen molar-refractivity contribution in [1.82, 2.24) is 10.2 Å². The number of halogens is 1. The van der Waals surface area contributed by atoms with E-state index >= 15 is 0 Å². The lowest BCUT2D eigenvalue weighted by Gasteiger charge is -2.23. The van der Waals surface area contributed by atoms with Crippen LogP contribution in [0.5, 0.6) is 5.75 Å². The molecule has 2 aromatic carbocycles. The van der Waals surface area contributed by atoms with Crippen LogP contribution in [0.3, 0.4) is 0 Å². The third-order valence-electron chi connectivity index (χ3n) is 5.10. The number of aryl methyl sites for hydroxylation is 1. The molecule has 3 rings (SSSR count). The van der Waals surface area contributed by atoms with Gasteiger partial charge in [0.2, 0.25) is 0 Å². The summed E-state index contributed by atoms with van der Waals surface area (Å²) in [5, 5.41) is 4.35. The Hall–Kier alpha value is -1.55. The number of benzene rings is 2. The van der Waals surface area contributed by atoms with Crippen molar-refractivity contribution < 1.29 is 4.74 Å². The number of rotatable bonds is 8. The molecular formula is C22H29ClN2O. The molecule has 1 saturated heterocycles. The summed E-state index contributed by atoms with van der Waals surface area (Å²) in [6.45, 7) is 9.06. The standard InChI is InChI=1S/C22H29ClN2O/c1-3-25-11-5-8-21(25)15-24-14-19-13-20(23)9-10-22(19)26-16-18-7-4-6-17(2)12-18/h4,6-7,9-10,12-13,21,24H,3,5,8,11,14-16H2,1-2H3/t21-/m0/s1. The lowest BCUT2D eigenvalue weighted by atomic mass is 10.1. The Kier molecular flexibility index (Phi) is 6.95. The zero-order valence-corrected chi connectivity index (χ0v) is 16.6. The van der Waals surface area contributed by atoms with Crippen LogP contribution in [0.4, 0.5) is 0 Å². The molecule has 1 aliphatic heterocycles. The minimum Gasteiger partial charge on any atom is -0.489 e. The van der Waals surface area contributed by atoms with Crippen LogP contribution < -0.4 is 10.1 Å². The van der Waals surface area contributed by atoms with E-state index in [0.29, 0.717) is 12.6 Å². The Bertz CT molecular complexity index is 719. The predicted octanol–water partition coefficient (Wildman–Crippen LogP) is 4.80. The summed E-state index contributed by atoms with van der Waals surface area (Å²) in [6.07, 6.45) is 2.59. The van der Waals surface area contributed by atoms with Crippen LogP contribution in [-0.2, 0) is 13.2 Å². The highest BCUT2D eigenvalue weighted by atomic mass is 35.5. The molecule has 0 aromatic heterocycles. The van der Waals surface area contributed by atoms with Gasteiger partial charge >= 0.3 is 0 Å². The van der Waals surface area contributed by atoms with E-state index in [9.17, 15) is 0 Å². The first-order valence-corrected chi connectivity index (χ1v) is 9.95. The van der Waals surface area contributed by atoms with Crippen molar-refractivity contribution in [3.63, 3.8) is 0 Å². The van der Waals surface area contributed by atoms with Crippen molar-refractivity contribution in [2.45, 2.75) is 45.9 Å². The maximum atomic E-state index is 6.21. The molecule has 1 heterocycles. The number of likely N-dealkylation sites (N-methyl/N-ethyl adjacent to an activating group) is 1. The summed E-state index contributed by atoms with van der Waals surface area (Å²) < 4.78 is 6.09. The first-order valence-electron chi connectivity index (χ1n) is 9.57. The third-order valence-corrected chi connectivity index (χ3v) is 5.34. The molecule has 0 aliphatic carbocycles. The molecule has 0 unspecified atom stereocenters. The molecular weight excluding hydrogens is 344 g/mol. The Morgan fingerprint density at radius 3 is 2.92 bits per heavy atom. The topological polar surface area (TPSA) is 24.5 Å². The molecule has 1 fully saturated rings. The van der Waals surface area contributed by atoms with Gasteiger partial charge in [-0.1, -0.05) is 48.4 Å². The van der Waals surface area contributed by atoms with E-state index in [1.54, 1.807) is 0 Å². The van der Waals surface area contributed by atoms with Gasteiger partial charge in [-0.25, -0.2) is 0 Å². The molecule has 0 saturated carbocycles. The number of hydrogen-bond donors (Lipinski definition) is 1. The highest BCUT2D eigenvalue weighted by Crippen LogP contribution is 2.24. The second kappa shape index (κ2) is 9.40. The van der Waals surface area contributed by atoms with Crippen LogP contribution in [0.2, 0.25) is 5.02 Å². The smallest absolute Gasteiger partial charge is 0.124 e. The van der Waals surface area contributed by atoms with Crippen molar-refractivity contribution >= 4 is 11.6 Å². The fourth-order valence-corrected chi connectivity index (χ4v) is 3.90. The summed E-state index contributed by atoms with van der Waals surface area (Å²) in [6, 6.07) is 15.0. The van der Waals surface area contributed by atoms with Gasteiger partial charge in [-0.2, -0.15) is 0 Å². The Labute approximate surface area is 162 Å². The van der Waals surface area contributed by atoms with Crippen LogP contribution >= 0.6 is 11.6 Å². The molecule has 140 valence electrons. The summed E-state index contributed by atoms with van der Waals surface area (Å²) in [4.78, 5) is 2.56. The van der Waals surface area contributed by atoms with Gasteiger partial charge < -0.3 is 10.1 Å². The van der Waals surface area contributed by atoms with E-state index in [1.807, 2.05) is 18.2 Å². The van der Waals surface area contributed by atoms with Crippen LogP contribution in [-0.4, -0.2) is 30.6 Å². The van der Waals surface area contributed by atoms with E-state index in [-0.39, 0.29) is 0 Å². The van der Waals surface area contributed by atoms with E-state index in [2.05, 4.69) is 48.3 Å². The largest absolute Gasteiger partial charge is 0.489 e. The lowest BCUT2D eigenvalue weighted by Crippen LogP contribution is -2.37. The molecule has 4 heteroatoms. The minimum absolute atomic E-state index is 0.572. The summed E-state index contributed by atoms with van der Waals surface area (Å²) in [5.74, 6) is 0.905. The first-order chi connectivity index (χ1) is 12.7.